The Morgan fingerprint density at radius 1 is 0.850 bits per heavy atom. The van der Waals surface area contributed by atoms with Crippen molar-refractivity contribution in [1.82, 2.24) is 15.2 Å². The number of hydrogen-bond acceptors (Lipinski definition) is 5. The second-order valence-electron chi connectivity index (χ2n) is 4.17. The quantitative estimate of drug-likeness (QED) is 0.787. The zero-order chi connectivity index (χ0) is 13.8. The molecule has 0 atom stereocenters. The highest BCUT2D eigenvalue weighted by atomic mass is 16.5. The fourth-order valence-electron chi connectivity index (χ4n) is 1.74. The number of nitrogen functional groups attached to an aromatic ring is 1. The lowest BCUT2D eigenvalue weighted by molar-refractivity contribution is 0.480. The Labute approximate surface area is 116 Å². The highest BCUT2D eigenvalue weighted by molar-refractivity contribution is 5.60. The van der Waals surface area contributed by atoms with E-state index in [1.54, 1.807) is 24.5 Å². The van der Waals surface area contributed by atoms with E-state index in [1.165, 1.54) is 0 Å². The number of aromatic nitrogens is 3. The van der Waals surface area contributed by atoms with E-state index in [0.717, 1.165) is 11.3 Å². The fourth-order valence-corrected chi connectivity index (χ4v) is 1.74. The van der Waals surface area contributed by atoms with Gasteiger partial charge in [0.05, 0.1) is 11.9 Å². The van der Waals surface area contributed by atoms with Crippen LogP contribution in [0, 0.1) is 0 Å². The molecule has 0 saturated carbocycles. The summed E-state index contributed by atoms with van der Waals surface area (Å²) in [5.74, 6) is 1.79. The summed E-state index contributed by atoms with van der Waals surface area (Å²) in [6.07, 6.45) is 3.36. The van der Waals surface area contributed by atoms with Gasteiger partial charge in [-0.1, -0.05) is 18.2 Å². The van der Waals surface area contributed by atoms with Gasteiger partial charge in [-0.2, -0.15) is 0 Å². The molecular formula is C15H12N4O. The standard InChI is InChI=1S/C15H12N4O/c16-15-7-6-14(18-19-15)11-8-13(10-17-9-11)20-12-4-2-1-3-5-12/h1-10H,(H2,16,19). The molecule has 5 nitrogen and oxygen atoms in total. The van der Waals surface area contributed by atoms with Crippen molar-refractivity contribution in [2.75, 3.05) is 5.73 Å². The van der Waals surface area contributed by atoms with E-state index < -0.39 is 0 Å². The van der Waals surface area contributed by atoms with Crippen molar-refractivity contribution in [3.05, 3.63) is 60.9 Å². The van der Waals surface area contributed by atoms with Gasteiger partial charge in [0.1, 0.15) is 17.3 Å². The van der Waals surface area contributed by atoms with Crippen molar-refractivity contribution in [3.8, 4) is 22.8 Å². The van der Waals surface area contributed by atoms with E-state index >= 15 is 0 Å². The molecule has 0 aliphatic rings. The van der Waals surface area contributed by atoms with E-state index in [0.29, 0.717) is 17.3 Å². The van der Waals surface area contributed by atoms with Gasteiger partial charge in [-0.05, 0) is 30.3 Å². The van der Waals surface area contributed by atoms with Crippen LogP contribution in [0.1, 0.15) is 0 Å². The summed E-state index contributed by atoms with van der Waals surface area (Å²) in [5.41, 5.74) is 7.05. The lowest BCUT2D eigenvalue weighted by Gasteiger charge is -2.06. The molecule has 0 spiro atoms. The summed E-state index contributed by atoms with van der Waals surface area (Å²) in [5, 5.41) is 7.85. The molecule has 0 radical (unpaired) electrons. The van der Waals surface area contributed by atoms with Crippen LogP contribution in [-0.2, 0) is 0 Å². The average molecular weight is 264 g/mol. The van der Waals surface area contributed by atoms with Gasteiger partial charge in [-0.25, -0.2) is 0 Å². The Bertz CT molecular complexity index is 699. The Morgan fingerprint density at radius 3 is 2.45 bits per heavy atom. The SMILES string of the molecule is Nc1ccc(-c2cncc(Oc3ccccc3)c2)nn1. The summed E-state index contributed by atoms with van der Waals surface area (Å²) >= 11 is 0. The molecule has 0 unspecified atom stereocenters. The van der Waals surface area contributed by atoms with Gasteiger partial charge in [-0.3, -0.25) is 4.98 Å². The number of anilines is 1. The maximum absolute atomic E-state index is 5.73. The summed E-state index contributed by atoms with van der Waals surface area (Å²) in [6, 6.07) is 14.9. The Kier molecular flexibility index (Phi) is 3.24. The van der Waals surface area contributed by atoms with E-state index in [-0.39, 0.29) is 0 Å². The minimum absolute atomic E-state index is 0.387. The van der Waals surface area contributed by atoms with Crippen LogP contribution in [0.5, 0.6) is 11.5 Å². The minimum atomic E-state index is 0.387. The number of ether oxygens (including phenoxy) is 1. The van der Waals surface area contributed by atoms with Crippen LogP contribution < -0.4 is 10.5 Å². The van der Waals surface area contributed by atoms with Gasteiger partial charge in [0.15, 0.2) is 0 Å². The Morgan fingerprint density at radius 2 is 1.70 bits per heavy atom. The first kappa shape index (κ1) is 12.1. The monoisotopic (exact) mass is 264 g/mol. The number of hydrogen-bond donors (Lipinski definition) is 1. The van der Waals surface area contributed by atoms with Crippen LogP contribution in [0.15, 0.2) is 60.9 Å². The summed E-state index contributed by atoms with van der Waals surface area (Å²) in [4.78, 5) is 4.16. The van der Waals surface area contributed by atoms with Gasteiger partial charge in [0, 0.05) is 11.8 Å². The first-order valence-corrected chi connectivity index (χ1v) is 6.09. The highest BCUT2D eigenvalue weighted by Crippen LogP contribution is 2.24. The number of nitrogens with two attached hydrogens (primary N) is 1. The molecule has 98 valence electrons. The van der Waals surface area contributed by atoms with Crippen molar-refractivity contribution in [2.24, 2.45) is 0 Å². The predicted molar refractivity (Wildman–Crippen MR) is 76.2 cm³/mol. The van der Waals surface area contributed by atoms with Crippen molar-refractivity contribution in [1.29, 1.82) is 0 Å². The smallest absolute Gasteiger partial charge is 0.146 e. The number of pyridine rings is 1. The van der Waals surface area contributed by atoms with Crippen molar-refractivity contribution < 1.29 is 4.74 Å². The van der Waals surface area contributed by atoms with Crippen LogP contribution in [0.2, 0.25) is 0 Å². The van der Waals surface area contributed by atoms with Gasteiger partial charge in [-0.15, -0.1) is 10.2 Å². The molecular weight excluding hydrogens is 252 g/mol. The van der Waals surface area contributed by atoms with Crippen molar-refractivity contribution >= 4 is 5.82 Å². The summed E-state index contributed by atoms with van der Waals surface area (Å²) in [7, 11) is 0. The third-order valence-electron chi connectivity index (χ3n) is 2.67. The fraction of sp³-hybridized carbons (Fsp3) is 0. The third kappa shape index (κ3) is 2.72. The summed E-state index contributed by atoms with van der Waals surface area (Å²) in [6.45, 7) is 0. The minimum Gasteiger partial charge on any atom is -0.456 e. The molecule has 20 heavy (non-hydrogen) atoms. The van der Waals surface area contributed by atoms with E-state index in [4.69, 9.17) is 10.5 Å². The Hall–Kier alpha value is -2.95. The molecule has 3 aromatic rings. The molecule has 0 saturated heterocycles. The predicted octanol–water partition coefficient (Wildman–Crippen LogP) is 2.91. The van der Waals surface area contributed by atoms with Crippen LogP contribution >= 0.6 is 0 Å². The molecule has 2 heterocycles. The largest absolute Gasteiger partial charge is 0.456 e. The molecule has 0 aliphatic heterocycles. The van der Waals surface area contributed by atoms with Gasteiger partial charge in [0.25, 0.3) is 0 Å². The second-order valence-corrected chi connectivity index (χ2v) is 4.17. The molecule has 2 N–H and O–H groups in total. The first-order valence-electron chi connectivity index (χ1n) is 6.09. The van der Waals surface area contributed by atoms with E-state index in [9.17, 15) is 0 Å². The zero-order valence-corrected chi connectivity index (χ0v) is 10.6. The average Bonchev–Trinajstić information content (AvgIpc) is 2.49. The molecule has 2 aromatic heterocycles. The van der Waals surface area contributed by atoms with Crippen molar-refractivity contribution in [3.63, 3.8) is 0 Å². The number of para-hydroxylation sites is 1. The first-order chi connectivity index (χ1) is 9.81. The van der Waals surface area contributed by atoms with Crippen LogP contribution in [0.4, 0.5) is 5.82 Å². The lowest BCUT2D eigenvalue weighted by atomic mass is 10.2. The van der Waals surface area contributed by atoms with Gasteiger partial charge >= 0.3 is 0 Å². The van der Waals surface area contributed by atoms with E-state index in [2.05, 4.69) is 15.2 Å². The Balaban J connectivity index is 1.88. The third-order valence-corrected chi connectivity index (χ3v) is 2.67. The van der Waals surface area contributed by atoms with Crippen LogP contribution in [0.25, 0.3) is 11.3 Å². The van der Waals surface area contributed by atoms with Gasteiger partial charge in [0.2, 0.25) is 0 Å². The molecule has 1 aromatic carbocycles. The van der Waals surface area contributed by atoms with Crippen LogP contribution in [0.3, 0.4) is 0 Å². The number of benzene rings is 1. The second kappa shape index (κ2) is 5.36. The normalized spacial score (nSPS) is 10.2. The number of nitrogens with zero attached hydrogens (tertiary/aromatic N) is 3. The lowest BCUT2D eigenvalue weighted by Crippen LogP contribution is -1.94. The van der Waals surface area contributed by atoms with Crippen LogP contribution in [-0.4, -0.2) is 15.2 Å². The zero-order valence-electron chi connectivity index (χ0n) is 10.6. The maximum atomic E-state index is 5.73. The molecule has 5 heteroatoms. The van der Waals surface area contributed by atoms with E-state index in [1.807, 2.05) is 36.4 Å². The molecule has 0 aliphatic carbocycles. The van der Waals surface area contributed by atoms with Gasteiger partial charge < -0.3 is 10.5 Å². The molecule has 0 fully saturated rings. The molecule has 0 bridgehead atoms. The van der Waals surface area contributed by atoms with Crippen molar-refractivity contribution in [2.45, 2.75) is 0 Å². The summed E-state index contributed by atoms with van der Waals surface area (Å²) < 4.78 is 5.73. The topological polar surface area (TPSA) is 73.9 Å². The maximum Gasteiger partial charge on any atom is 0.146 e. The highest BCUT2D eigenvalue weighted by Gasteiger charge is 2.04. The number of rotatable bonds is 3. The molecule has 0 amide bonds. The molecule has 3 rings (SSSR count).